The Morgan fingerprint density at radius 1 is 1.43 bits per heavy atom. The molecule has 1 amide bonds. The van der Waals surface area contributed by atoms with E-state index in [0.29, 0.717) is 35.6 Å². The van der Waals surface area contributed by atoms with Gasteiger partial charge >= 0.3 is 0 Å². The van der Waals surface area contributed by atoms with E-state index in [1.54, 1.807) is 0 Å². The van der Waals surface area contributed by atoms with E-state index in [4.69, 9.17) is 23.8 Å². The van der Waals surface area contributed by atoms with Gasteiger partial charge in [0.25, 0.3) is 0 Å². The number of H-pyrrole nitrogens is 1. The van der Waals surface area contributed by atoms with Gasteiger partial charge in [-0.15, -0.1) is 0 Å². The third-order valence-electron chi connectivity index (χ3n) is 3.49. The number of rotatable bonds is 7. The van der Waals surface area contributed by atoms with E-state index < -0.39 is 0 Å². The second-order valence-electron chi connectivity index (χ2n) is 5.64. The maximum absolute atomic E-state index is 11.9. The largest absolute Gasteiger partial charge is 0.356 e. The van der Waals surface area contributed by atoms with Gasteiger partial charge in [-0.3, -0.25) is 9.89 Å². The van der Waals surface area contributed by atoms with Crippen LogP contribution in [0.4, 0.5) is 0 Å². The molecule has 0 saturated carbocycles. The van der Waals surface area contributed by atoms with E-state index in [2.05, 4.69) is 29.4 Å². The number of carbonyl (C=O) groups excluding carboxylic acids is 1. The quantitative estimate of drug-likeness (QED) is 0.750. The molecule has 2 rings (SSSR count). The second-order valence-corrected chi connectivity index (χ2v) is 6.46. The van der Waals surface area contributed by atoms with Crippen molar-refractivity contribution in [3.05, 3.63) is 45.4 Å². The molecule has 7 heteroatoms. The van der Waals surface area contributed by atoms with Gasteiger partial charge in [0, 0.05) is 30.5 Å². The number of aryl methyl sites for hydroxylation is 1. The molecule has 0 fully saturated rings. The predicted molar refractivity (Wildman–Crippen MR) is 94.3 cm³/mol. The van der Waals surface area contributed by atoms with Gasteiger partial charge in [-0.2, -0.15) is 5.10 Å². The Hall–Kier alpha value is -1.66. The van der Waals surface area contributed by atoms with Crippen molar-refractivity contribution in [2.24, 2.45) is 0 Å². The number of nitrogens with one attached hydrogen (secondary N) is 2. The molecule has 1 aromatic heterocycles. The fourth-order valence-corrected chi connectivity index (χ4v) is 2.97. The number of aromatic amines is 1. The minimum absolute atomic E-state index is 0.0233. The number of aromatic nitrogens is 3. The Morgan fingerprint density at radius 3 is 2.91 bits per heavy atom. The van der Waals surface area contributed by atoms with Gasteiger partial charge in [-0.25, -0.2) is 0 Å². The summed E-state index contributed by atoms with van der Waals surface area (Å²) in [4.78, 5) is 11.9. The molecule has 1 aromatic carbocycles. The van der Waals surface area contributed by atoms with Crippen molar-refractivity contribution < 1.29 is 4.79 Å². The lowest BCUT2D eigenvalue weighted by Crippen LogP contribution is -2.26. The number of hydrogen-bond acceptors (Lipinski definition) is 3. The van der Waals surface area contributed by atoms with Crippen LogP contribution in [-0.4, -0.2) is 27.2 Å². The Bertz CT molecular complexity index is 723. The summed E-state index contributed by atoms with van der Waals surface area (Å²) in [6.07, 6.45) is 1.77. The normalized spacial score (nSPS) is 11.0. The van der Waals surface area contributed by atoms with E-state index in [0.717, 1.165) is 11.4 Å². The maximum Gasteiger partial charge on any atom is 0.220 e. The molecule has 2 aromatic rings. The predicted octanol–water partition coefficient (Wildman–Crippen LogP) is 3.47. The van der Waals surface area contributed by atoms with Crippen molar-refractivity contribution in [1.82, 2.24) is 20.1 Å². The van der Waals surface area contributed by atoms with Crippen molar-refractivity contribution in [2.45, 2.75) is 39.2 Å². The van der Waals surface area contributed by atoms with Gasteiger partial charge in [-0.1, -0.05) is 23.7 Å². The van der Waals surface area contributed by atoms with Crippen LogP contribution in [0.1, 0.15) is 37.7 Å². The molecule has 0 radical (unpaired) electrons. The van der Waals surface area contributed by atoms with Gasteiger partial charge in [0.15, 0.2) is 4.77 Å². The summed E-state index contributed by atoms with van der Waals surface area (Å²) in [5, 5.41) is 10.6. The average molecular weight is 353 g/mol. The van der Waals surface area contributed by atoms with Crippen LogP contribution in [0, 0.1) is 4.77 Å². The topological polar surface area (TPSA) is 62.7 Å². The van der Waals surface area contributed by atoms with E-state index in [-0.39, 0.29) is 11.9 Å². The molecular formula is C16H21ClN4OS. The van der Waals surface area contributed by atoms with Crippen molar-refractivity contribution >= 4 is 29.7 Å². The molecule has 23 heavy (non-hydrogen) atoms. The Labute approximate surface area is 146 Å². The molecule has 0 unspecified atom stereocenters. The Morgan fingerprint density at radius 2 is 2.22 bits per heavy atom. The summed E-state index contributed by atoms with van der Waals surface area (Å²) in [7, 11) is 0. The second kappa shape index (κ2) is 8.26. The molecule has 0 saturated heterocycles. The summed E-state index contributed by atoms with van der Waals surface area (Å²) in [5.74, 6) is 0.885. The molecule has 0 aliphatic heterocycles. The number of carbonyl (C=O) groups is 1. The van der Waals surface area contributed by atoms with Crippen LogP contribution in [0.25, 0.3) is 0 Å². The number of halogens is 1. The van der Waals surface area contributed by atoms with Crippen molar-refractivity contribution in [3.8, 4) is 0 Å². The molecule has 0 aliphatic carbocycles. The number of amides is 1. The molecule has 0 atom stereocenters. The van der Waals surface area contributed by atoms with Crippen LogP contribution < -0.4 is 5.32 Å². The van der Waals surface area contributed by atoms with Crippen LogP contribution in [0.3, 0.4) is 0 Å². The van der Waals surface area contributed by atoms with E-state index in [1.807, 2.05) is 28.8 Å². The van der Waals surface area contributed by atoms with Gasteiger partial charge in [0.05, 0.1) is 0 Å². The fourth-order valence-electron chi connectivity index (χ4n) is 2.40. The average Bonchev–Trinajstić information content (AvgIpc) is 2.86. The standard InChI is InChI=1S/C16H21ClN4OS/c1-11(2)21-14(19-20-16(21)23)8-9-18-15(22)7-6-12-4-3-5-13(17)10-12/h3-5,10-11H,6-9H2,1-2H3,(H,18,22)(H,20,23). The number of nitrogens with zero attached hydrogens (tertiary/aromatic N) is 2. The third kappa shape index (κ3) is 5.18. The smallest absolute Gasteiger partial charge is 0.220 e. The van der Waals surface area contributed by atoms with Crippen LogP contribution in [0.2, 0.25) is 5.02 Å². The molecule has 0 aliphatic rings. The first kappa shape index (κ1) is 17.7. The third-order valence-corrected chi connectivity index (χ3v) is 4.02. The molecule has 0 spiro atoms. The van der Waals surface area contributed by atoms with Crippen molar-refractivity contribution in [2.75, 3.05) is 6.54 Å². The summed E-state index contributed by atoms with van der Waals surface area (Å²) in [6.45, 7) is 4.65. The minimum atomic E-state index is 0.0233. The van der Waals surface area contributed by atoms with Gasteiger partial charge in [-0.05, 0) is 50.2 Å². The first-order valence-corrected chi connectivity index (χ1v) is 8.43. The zero-order chi connectivity index (χ0) is 16.8. The lowest BCUT2D eigenvalue weighted by molar-refractivity contribution is -0.121. The number of benzene rings is 1. The molecule has 124 valence electrons. The van der Waals surface area contributed by atoms with Crippen LogP contribution in [0.5, 0.6) is 0 Å². The van der Waals surface area contributed by atoms with E-state index in [1.165, 1.54) is 0 Å². The first-order valence-electron chi connectivity index (χ1n) is 7.64. The van der Waals surface area contributed by atoms with Crippen molar-refractivity contribution in [1.29, 1.82) is 0 Å². The highest BCUT2D eigenvalue weighted by Gasteiger charge is 2.09. The SMILES string of the molecule is CC(C)n1c(CCNC(=O)CCc2cccc(Cl)c2)n[nH]c1=S. The lowest BCUT2D eigenvalue weighted by Gasteiger charge is -2.10. The molecule has 5 nitrogen and oxygen atoms in total. The highest BCUT2D eigenvalue weighted by atomic mass is 35.5. The van der Waals surface area contributed by atoms with Crippen LogP contribution in [-0.2, 0) is 17.6 Å². The zero-order valence-electron chi connectivity index (χ0n) is 13.3. The summed E-state index contributed by atoms with van der Waals surface area (Å²) >= 11 is 11.1. The Balaban J connectivity index is 1.78. The number of hydrogen-bond donors (Lipinski definition) is 2. The fraction of sp³-hybridized carbons (Fsp3) is 0.438. The van der Waals surface area contributed by atoms with Crippen LogP contribution >= 0.6 is 23.8 Å². The van der Waals surface area contributed by atoms with Gasteiger partial charge in [0.2, 0.25) is 5.91 Å². The Kier molecular flexibility index (Phi) is 6.36. The summed E-state index contributed by atoms with van der Waals surface area (Å²) in [5.41, 5.74) is 1.06. The van der Waals surface area contributed by atoms with E-state index >= 15 is 0 Å². The van der Waals surface area contributed by atoms with Crippen LogP contribution in [0.15, 0.2) is 24.3 Å². The lowest BCUT2D eigenvalue weighted by atomic mass is 10.1. The summed E-state index contributed by atoms with van der Waals surface area (Å²) < 4.78 is 2.58. The summed E-state index contributed by atoms with van der Waals surface area (Å²) in [6, 6.07) is 7.82. The first-order chi connectivity index (χ1) is 11.0. The molecule has 1 heterocycles. The maximum atomic E-state index is 11.9. The monoisotopic (exact) mass is 352 g/mol. The minimum Gasteiger partial charge on any atom is -0.356 e. The van der Waals surface area contributed by atoms with Gasteiger partial charge < -0.3 is 9.88 Å². The van der Waals surface area contributed by atoms with Gasteiger partial charge in [0.1, 0.15) is 5.82 Å². The molecule has 2 N–H and O–H groups in total. The van der Waals surface area contributed by atoms with E-state index in [9.17, 15) is 4.79 Å². The highest BCUT2D eigenvalue weighted by Crippen LogP contribution is 2.12. The molecular weight excluding hydrogens is 332 g/mol. The zero-order valence-corrected chi connectivity index (χ0v) is 14.9. The van der Waals surface area contributed by atoms with Crippen molar-refractivity contribution in [3.63, 3.8) is 0 Å². The molecule has 0 bridgehead atoms. The highest BCUT2D eigenvalue weighted by molar-refractivity contribution is 7.71.